The normalized spacial score (nSPS) is 10.9. The number of rotatable bonds is 5. The predicted molar refractivity (Wildman–Crippen MR) is 61.4 cm³/mol. The first-order valence-electron chi connectivity index (χ1n) is 5.28. The molecule has 0 saturated heterocycles. The van der Waals surface area contributed by atoms with Gasteiger partial charge in [0.1, 0.15) is 12.4 Å². The molecule has 0 aliphatic carbocycles. The quantitative estimate of drug-likeness (QED) is 0.740. The van der Waals surface area contributed by atoms with Gasteiger partial charge in [0.25, 0.3) is 0 Å². The van der Waals surface area contributed by atoms with E-state index >= 15 is 0 Å². The Hall–Kier alpha value is -1.36. The van der Waals surface area contributed by atoms with Crippen molar-refractivity contribution in [3.63, 3.8) is 0 Å². The van der Waals surface area contributed by atoms with Gasteiger partial charge in [-0.25, -0.2) is 9.67 Å². The minimum Gasteiger partial charge on any atom is -0.334 e. The van der Waals surface area contributed by atoms with Crippen molar-refractivity contribution < 1.29 is 0 Å². The summed E-state index contributed by atoms with van der Waals surface area (Å²) in [4.78, 5) is 4.29. The van der Waals surface area contributed by atoms with E-state index in [0.717, 1.165) is 24.5 Å². The van der Waals surface area contributed by atoms with E-state index in [1.54, 1.807) is 10.9 Å². The molecule has 0 radical (unpaired) electrons. The first kappa shape index (κ1) is 11.1. The highest BCUT2D eigenvalue weighted by atomic mass is 35.5. The van der Waals surface area contributed by atoms with E-state index < -0.39 is 0 Å². The summed E-state index contributed by atoms with van der Waals surface area (Å²) in [6.45, 7) is 3.65. The maximum Gasteiger partial charge on any atom is 0.130 e. The van der Waals surface area contributed by atoms with Crippen LogP contribution in [0.25, 0.3) is 0 Å². The molecule has 0 aliphatic rings. The maximum atomic E-state index is 5.64. The van der Waals surface area contributed by atoms with Gasteiger partial charge in [0, 0.05) is 37.4 Å². The predicted octanol–water partition coefficient (Wildman–Crippen LogP) is 1.32. The molecule has 0 atom stereocenters. The second kappa shape index (κ2) is 5.12. The number of alkyl halides is 1. The lowest BCUT2D eigenvalue weighted by molar-refractivity contribution is 0.588. The molecular formula is C10H14ClN5. The van der Waals surface area contributed by atoms with Crippen LogP contribution in [0.4, 0.5) is 0 Å². The summed E-state index contributed by atoms with van der Waals surface area (Å²) in [5, 5.41) is 8.07. The lowest BCUT2D eigenvalue weighted by atomic mass is 10.4. The van der Waals surface area contributed by atoms with E-state index in [1.807, 2.05) is 12.4 Å². The minimum absolute atomic E-state index is 0.572. The lowest BCUT2D eigenvalue weighted by Crippen LogP contribution is -2.08. The van der Waals surface area contributed by atoms with Crippen LogP contribution in [-0.2, 0) is 19.5 Å². The Morgan fingerprint density at radius 3 is 3.06 bits per heavy atom. The van der Waals surface area contributed by atoms with Crippen LogP contribution >= 0.6 is 11.6 Å². The third-order valence-electron chi connectivity index (χ3n) is 2.38. The van der Waals surface area contributed by atoms with Crippen molar-refractivity contribution in [1.29, 1.82) is 0 Å². The fraction of sp³-hybridized carbons (Fsp3) is 0.500. The van der Waals surface area contributed by atoms with E-state index in [0.29, 0.717) is 12.4 Å². The molecule has 86 valence electrons. The van der Waals surface area contributed by atoms with Crippen LogP contribution in [-0.4, -0.2) is 30.4 Å². The third kappa shape index (κ3) is 2.41. The average Bonchev–Trinajstić information content (AvgIpc) is 2.89. The Labute approximate surface area is 99.1 Å². The summed E-state index contributed by atoms with van der Waals surface area (Å²) < 4.78 is 3.87. The van der Waals surface area contributed by atoms with Gasteiger partial charge in [0.05, 0.1) is 5.69 Å². The third-order valence-corrected chi connectivity index (χ3v) is 2.57. The first-order valence-corrected chi connectivity index (χ1v) is 5.82. The van der Waals surface area contributed by atoms with E-state index in [4.69, 9.17) is 11.6 Å². The fourth-order valence-corrected chi connectivity index (χ4v) is 1.75. The molecule has 0 unspecified atom stereocenters. The van der Waals surface area contributed by atoms with Crippen LogP contribution < -0.4 is 0 Å². The zero-order valence-electron chi connectivity index (χ0n) is 9.17. The van der Waals surface area contributed by atoms with Gasteiger partial charge >= 0.3 is 0 Å². The number of aromatic nitrogens is 5. The van der Waals surface area contributed by atoms with Crippen molar-refractivity contribution in [2.45, 2.75) is 26.4 Å². The molecule has 5 nitrogen and oxygen atoms in total. The van der Waals surface area contributed by atoms with Gasteiger partial charge in [-0.2, -0.15) is 0 Å². The molecule has 0 spiro atoms. The Morgan fingerprint density at radius 1 is 1.44 bits per heavy atom. The summed E-state index contributed by atoms with van der Waals surface area (Å²) in [7, 11) is 0. The molecule has 0 fully saturated rings. The summed E-state index contributed by atoms with van der Waals surface area (Å²) in [5.74, 6) is 1.56. The van der Waals surface area contributed by atoms with E-state index in [-0.39, 0.29) is 0 Å². The average molecular weight is 240 g/mol. The molecule has 2 heterocycles. The fourth-order valence-electron chi connectivity index (χ4n) is 1.55. The summed E-state index contributed by atoms with van der Waals surface area (Å²) in [6.07, 6.45) is 6.43. The molecule has 0 amide bonds. The van der Waals surface area contributed by atoms with Crippen LogP contribution in [0.15, 0.2) is 18.6 Å². The smallest absolute Gasteiger partial charge is 0.130 e. The van der Waals surface area contributed by atoms with Gasteiger partial charge in [0.15, 0.2) is 0 Å². The van der Waals surface area contributed by atoms with Crippen molar-refractivity contribution in [2.75, 3.05) is 5.88 Å². The van der Waals surface area contributed by atoms with Gasteiger partial charge in [-0.1, -0.05) is 5.21 Å². The number of aryl methyl sites for hydroxylation is 2. The Kier molecular flexibility index (Phi) is 3.56. The molecule has 2 aromatic heterocycles. The Bertz CT molecular complexity index is 448. The van der Waals surface area contributed by atoms with Crippen LogP contribution in [0, 0.1) is 0 Å². The van der Waals surface area contributed by atoms with E-state index in [2.05, 4.69) is 26.8 Å². The van der Waals surface area contributed by atoms with Crippen LogP contribution in [0.5, 0.6) is 0 Å². The molecular weight excluding hydrogens is 226 g/mol. The number of nitrogens with zero attached hydrogens (tertiary/aromatic N) is 5. The van der Waals surface area contributed by atoms with Crippen molar-refractivity contribution in [2.24, 2.45) is 0 Å². The van der Waals surface area contributed by atoms with Gasteiger partial charge in [0.2, 0.25) is 0 Å². The number of imidazole rings is 1. The highest BCUT2D eigenvalue weighted by molar-refractivity contribution is 6.17. The highest BCUT2D eigenvalue weighted by Crippen LogP contribution is 2.02. The zero-order valence-corrected chi connectivity index (χ0v) is 9.93. The van der Waals surface area contributed by atoms with E-state index in [9.17, 15) is 0 Å². The Balaban J connectivity index is 2.08. The Morgan fingerprint density at radius 2 is 2.31 bits per heavy atom. The van der Waals surface area contributed by atoms with Gasteiger partial charge < -0.3 is 4.57 Å². The largest absolute Gasteiger partial charge is 0.334 e. The van der Waals surface area contributed by atoms with Crippen LogP contribution in [0.2, 0.25) is 0 Å². The van der Waals surface area contributed by atoms with Gasteiger partial charge in [-0.15, -0.1) is 16.7 Å². The zero-order chi connectivity index (χ0) is 11.4. The maximum absolute atomic E-state index is 5.64. The monoisotopic (exact) mass is 239 g/mol. The molecule has 16 heavy (non-hydrogen) atoms. The molecule has 6 heteroatoms. The number of hydrogen-bond acceptors (Lipinski definition) is 3. The van der Waals surface area contributed by atoms with Crippen LogP contribution in [0.3, 0.4) is 0 Å². The minimum atomic E-state index is 0.572. The molecule has 2 aromatic rings. The van der Waals surface area contributed by atoms with Crippen molar-refractivity contribution in [1.82, 2.24) is 24.5 Å². The topological polar surface area (TPSA) is 48.5 Å². The van der Waals surface area contributed by atoms with Crippen molar-refractivity contribution >= 4 is 11.6 Å². The highest BCUT2D eigenvalue weighted by Gasteiger charge is 2.04. The van der Waals surface area contributed by atoms with Crippen LogP contribution in [0.1, 0.15) is 18.4 Å². The summed E-state index contributed by atoms with van der Waals surface area (Å²) in [6, 6.07) is 0. The lowest BCUT2D eigenvalue weighted by Gasteiger charge is -2.03. The molecule has 0 N–H and O–H groups in total. The SMILES string of the molecule is CCn1ccnc1Cn1cc(CCCl)nn1. The summed E-state index contributed by atoms with van der Waals surface area (Å²) >= 11 is 5.64. The van der Waals surface area contributed by atoms with Crippen molar-refractivity contribution in [3.8, 4) is 0 Å². The van der Waals surface area contributed by atoms with Gasteiger partial charge in [-0.3, -0.25) is 0 Å². The van der Waals surface area contributed by atoms with Crippen molar-refractivity contribution in [3.05, 3.63) is 30.1 Å². The number of hydrogen-bond donors (Lipinski definition) is 0. The van der Waals surface area contributed by atoms with E-state index in [1.165, 1.54) is 0 Å². The molecule has 2 rings (SSSR count). The second-order valence-corrected chi connectivity index (χ2v) is 3.85. The molecule has 0 bridgehead atoms. The van der Waals surface area contributed by atoms with Gasteiger partial charge in [-0.05, 0) is 6.92 Å². The molecule has 0 aliphatic heterocycles. The second-order valence-electron chi connectivity index (χ2n) is 3.48. The summed E-state index contributed by atoms with van der Waals surface area (Å²) in [5.41, 5.74) is 0.921. The first-order chi connectivity index (χ1) is 7.83. The molecule has 0 aromatic carbocycles. The number of halogens is 1. The molecule has 0 saturated carbocycles. The standard InChI is InChI=1S/C10H14ClN5/c1-2-15-6-5-12-10(15)8-16-7-9(3-4-11)13-14-16/h5-7H,2-4,8H2,1H3.